The Bertz CT molecular complexity index is 1070. The summed E-state index contributed by atoms with van der Waals surface area (Å²) in [4.78, 5) is 2.23. The lowest BCUT2D eigenvalue weighted by molar-refractivity contribution is 0.304. The molecule has 0 fully saturated rings. The molecule has 2 nitrogen and oxygen atoms in total. The second kappa shape index (κ2) is 11.3. The van der Waals surface area contributed by atoms with Gasteiger partial charge < -0.3 is 9.64 Å². The van der Waals surface area contributed by atoms with Crippen LogP contribution in [-0.4, -0.2) is 19.0 Å². The molecule has 1 aliphatic carbocycles. The molecule has 32 heavy (non-hydrogen) atoms. The van der Waals surface area contributed by atoms with Crippen molar-refractivity contribution < 1.29 is 4.74 Å². The molecular formula is C29H32NOP. The molecule has 3 aromatic carbocycles. The topological polar surface area (TPSA) is 12.5 Å². The molecule has 0 spiro atoms. The molecule has 3 heteroatoms. The normalized spacial score (nSPS) is 15.7. The van der Waals surface area contributed by atoms with E-state index >= 15 is 0 Å². The molecule has 0 saturated heterocycles. The van der Waals surface area contributed by atoms with Crippen molar-refractivity contribution in [1.29, 1.82) is 0 Å². The standard InChI is InChI=1S/C29H32NOP/c1-30(2)21-26-16-9-10-18-27(26)32-28-19-11-17-25(20-23-12-5-3-6-13-23)29(28)31-22-24-14-7-4-8-15-24/h3-12,14-19,23,32H,13,20-22H2,1-2H3. The van der Waals surface area contributed by atoms with E-state index in [1.807, 2.05) is 0 Å². The summed E-state index contributed by atoms with van der Waals surface area (Å²) in [6.45, 7) is 1.54. The van der Waals surface area contributed by atoms with Gasteiger partial charge in [0.1, 0.15) is 12.4 Å². The minimum absolute atomic E-state index is 0.527. The van der Waals surface area contributed by atoms with Crippen molar-refractivity contribution in [3.8, 4) is 5.75 Å². The van der Waals surface area contributed by atoms with Gasteiger partial charge in [-0.3, -0.25) is 0 Å². The second-order valence-corrected chi connectivity index (χ2v) is 9.93. The quantitative estimate of drug-likeness (QED) is 0.399. The average molecular weight is 442 g/mol. The third kappa shape index (κ3) is 6.19. The van der Waals surface area contributed by atoms with E-state index < -0.39 is 0 Å². The van der Waals surface area contributed by atoms with Gasteiger partial charge in [-0.1, -0.05) is 106 Å². The molecule has 0 aliphatic heterocycles. The molecule has 0 aromatic heterocycles. The van der Waals surface area contributed by atoms with Gasteiger partial charge >= 0.3 is 0 Å². The van der Waals surface area contributed by atoms with Gasteiger partial charge in [-0.15, -0.1) is 0 Å². The van der Waals surface area contributed by atoms with Crippen LogP contribution < -0.4 is 15.3 Å². The summed E-state index contributed by atoms with van der Waals surface area (Å²) in [5, 5.41) is 2.68. The van der Waals surface area contributed by atoms with Crippen LogP contribution in [0.15, 0.2) is 97.1 Å². The van der Waals surface area contributed by atoms with Gasteiger partial charge in [-0.2, -0.15) is 0 Å². The highest BCUT2D eigenvalue weighted by atomic mass is 31.1. The van der Waals surface area contributed by atoms with E-state index in [2.05, 4.69) is 116 Å². The van der Waals surface area contributed by atoms with Gasteiger partial charge in [0.2, 0.25) is 0 Å². The Kier molecular flexibility index (Phi) is 7.93. The maximum absolute atomic E-state index is 6.54. The zero-order chi connectivity index (χ0) is 22.2. The maximum atomic E-state index is 6.54. The van der Waals surface area contributed by atoms with Crippen molar-refractivity contribution in [2.24, 2.45) is 5.92 Å². The Morgan fingerprint density at radius 2 is 1.59 bits per heavy atom. The van der Waals surface area contributed by atoms with Crippen LogP contribution in [-0.2, 0) is 19.6 Å². The van der Waals surface area contributed by atoms with Gasteiger partial charge in [-0.25, -0.2) is 0 Å². The third-order valence-corrected chi connectivity index (χ3v) is 7.07. The van der Waals surface area contributed by atoms with Crippen LogP contribution in [0.4, 0.5) is 0 Å². The van der Waals surface area contributed by atoms with Crippen LogP contribution in [0.3, 0.4) is 0 Å². The molecule has 0 heterocycles. The summed E-state index contributed by atoms with van der Waals surface area (Å²) in [7, 11) is 4.82. The van der Waals surface area contributed by atoms with E-state index in [0.717, 1.165) is 25.1 Å². The first-order chi connectivity index (χ1) is 15.7. The summed E-state index contributed by atoms with van der Waals surface area (Å²) in [5.74, 6) is 1.59. The minimum Gasteiger partial charge on any atom is -0.488 e. The van der Waals surface area contributed by atoms with Crippen LogP contribution in [0.5, 0.6) is 5.75 Å². The lowest BCUT2D eigenvalue weighted by Gasteiger charge is -2.20. The number of ether oxygens (including phenoxy) is 1. The fourth-order valence-electron chi connectivity index (χ4n) is 4.08. The Hall–Kier alpha value is -2.67. The number of para-hydroxylation sites is 1. The Labute approximate surface area is 194 Å². The number of hydrogen-bond donors (Lipinski definition) is 0. The summed E-state index contributed by atoms with van der Waals surface area (Å²) in [6.07, 6.45) is 11.0. The Morgan fingerprint density at radius 3 is 2.38 bits per heavy atom. The predicted molar refractivity (Wildman–Crippen MR) is 139 cm³/mol. The first-order valence-electron chi connectivity index (χ1n) is 11.3. The molecule has 164 valence electrons. The van der Waals surface area contributed by atoms with Crippen LogP contribution >= 0.6 is 8.58 Å². The van der Waals surface area contributed by atoms with Gasteiger partial charge in [0.15, 0.2) is 0 Å². The predicted octanol–water partition coefficient (Wildman–Crippen LogP) is 5.63. The fraction of sp³-hybridized carbons (Fsp3) is 0.241. The van der Waals surface area contributed by atoms with Crippen molar-refractivity contribution >= 4 is 19.2 Å². The second-order valence-electron chi connectivity index (χ2n) is 8.60. The molecule has 3 aromatic rings. The number of benzene rings is 3. The molecule has 0 N–H and O–H groups in total. The first-order valence-corrected chi connectivity index (χ1v) is 12.3. The first kappa shape index (κ1) is 22.5. The van der Waals surface area contributed by atoms with Crippen LogP contribution in [0.1, 0.15) is 23.1 Å². The largest absolute Gasteiger partial charge is 0.488 e. The highest BCUT2D eigenvalue weighted by Crippen LogP contribution is 2.29. The number of hydrogen-bond acceptors (Lipinski definition) is 2. The van der Waals surface area contributed by atoms with Crippen LogP contribution in [0, 0.1) is 5.92 Å². The van der Waals surface area contributed by atoms with E-state index in [1.54, 1.807) is 0 Å². The fourth-order valence-corrected chi connectivity index (χ4v) is 5.39. The minimum atomic E-state index is 0.527. The van der Waals surface area contributed by atoms with E-state index in [9.17, 15) is 0 Å². The number of nitrogens with zero attached hydrogens (tertiary/aromatic N) is 1. The van der Waals surface area contributed by atoms with Gasteiger partial charge in [0.25, 0.3) is 0 Å². The summed E-state index contributed by atoms with van der Waals surface area (Å²) in [5.41, 5.74) is 3.89. The smallest absolute Gasteiger partial charge is 0.130 e. The van der Waals surface area contributed by atoms with Crippen molar-refractivity contribution in [2.45, 2.75) is 26.0 Å². The highest BCUT2D eigenvalue weighted by molar-refractivity contribution is 7.55. The monoisotopic (exact) mass is 441 g/mol. The molecule has 4 rings (SSSR count). The van der Waals surface area contributed by atoms with Gasteiger partial charge in [-0.05, 0) is 54.8 Å². The molecule has 2 atom stereocenters. The lowest BCUT2D eigenvalue weighted by atomic mass is 9.93. The van der Waals surface area contributed by atoms with Crippen molar-refractivity contribution in [3.63, 3.8) is 0 Å². The summed E-state index contributed by atoms with van der Waals surface area (Å²) >= 11 is 0. The molecule has 2 unspecified atom stereocenters. The molecule has 1 aliphatic rings. The average Bonchev–Trinajstić information content (AvgIpc) is 2.81. The zero-order valence-corrected chi connectivity index (χ0v) is 20.0. The third-order valence-electron chi connectivity index (χ3n) is 5.65. The lowest BCUT2D eigenvalue weighted by Crippen LogP contribution is -2.19. The Balaban J connectivity index is 1.64. The van der Waals surface area contributed by atoms with E-state index in [4.69, 9.17) is 4.74 Å². The summed E-state index contributed by atoms with van der Waals surface area (Å²) < 4.78 is 6.54. The molecule has 0 radical (unpaired) electrons. The summed E-state index contributed by atoms with van der Waals surface area (Å²) in [6, 6.07) is 25.9. The maximum Gasteiger partial charge on any atom is 0.130 e. The number of allylic oxidation sites excluding steroid dienone is 4. The highest BCUT2D eigenvalue weighted by Gasteiger charge is 2.16. The molecule has 0 amide bonds. The van der Waals surface area contributed by atoms with Crippen LogP contribution in [0.2, 0.25) is 0 Å². The van der Waals surface area contributed by atoms with Crippen molar-refractivity contribution in [3.05, 3.63) is 114 Å². The Morgan fingerprint density at radius 1 is 0.844 bits per heavy atom. The van der Waals surface area contributed by atoms with E-state index in [-0.39, 0.29) is 0 Å². The van der Waals surface area contributed by atoms with E-state index in [1.165, 1.54) is 27.3 Å². The van der Waals surface area contributed by atoms with Gasteiger partial charge in [0, 0.05) is 11.8 Å². The van der Waals surface area contributed by atoms with E-state index in [0.29, 0.717) is 21.1 Å². The number of rotatable bonds is 9. The SMILES string of the molecule is CN(C)Cc1ccccc1Pc1cccc(CC2C=CC=CC2)c1OCc1ccccc1. The van der Waals surface area contributed by atoms with Crippen molar-refractivity contribution in [1.82, 2.24) is 4.90 Å². The van der Waals surface area contributed by atoms with Crippen LogP contribution in [0.25, 0.3) is 0 Å². The molecule has 0 saturated carbocycles. The van der Waals surface area contributed by atoms with Gasteiger partial charge in [0.05, 0.1) is 0 Å². The zero-order valence-electron chi connectivity index (χ0n) is 19.0. The van der Waals surface area contributed by atoms with Crippen molar-refractivity contribution in [2.75, 3.05) is 14.1 Å². The molecule has 0 bridgehead atoms. The molecular weight excluding hydrogens is 409 g/mol.